The molecule has 4 heterocycles. The van der Waals surface area contributed by atoms with Crippen LogP contribution in [0.4, 0.5) is 0 Å². The molecule has 252 valence electrons. The van der Waals surface area contributed by atoms with Gasteiger partial charge in [0.1, 0.15) is 5.75 Å². The first kappa shape index (κ1) is 32.2. The Morgan fingerprint density at radius 3 is 2.47 bits per heavy atom. The SMILES string of the molecule is C1CNC1.COc1ccc2c(c1)C1CC1(C(=O)N1CCCCCC1CCN)Cn1c-2c(C2CCCCC2)c2ccc(C(=O)NO)cc21. The number of hydroxylamine groups is 1. The molecule has 5 aliphatic rings. The molecule has 3 atom stereocenters. The average molecular weight is 642 g/mol. The van der Waals surface area contributed by atoms with Gasteiger partial charge >= 0.3 is 0 Å². The maximum absolute atomic E-state index is 14.9. The summed E-state index contributed by atoms with van der Waals surface area (Å²) in [6, 6.07) is 12.3. The lowest BCUT2D eigenvalue weighted by Gasteiger charge is -2.34. The number of nitrogens with two attached hydrogens (primary N) is 1. The lowest BCUT2D eigenvalue weighted by molar-refractivity contribution is -0.140. The number of methoxy groups -OCH3 is 1. The zero-order valence-electron chi connectivity index (χ0n) is 27.9. The molecule has 4 fully saturated rings. The number of amides is 2. The molecule has 3 aromatic rings. The van der Waals surface area contributed by atoms with Gasteiger partial charge in [0, 0.05) is 47.1 Å². The van der Waals surface area contributed by atoms with Crippen LogP contribution >= 0.6 is 0 Å². The molecule has 9 nitrogen and oxygen atoms in total. The minimum Gasteiger partial charge on any atom is -0.497 e. The molecule has 2 amide bonds. The maximum atomic E-state index is 14.9. The van der Waals surface area contributed by atoms with E-state index in [1.165, 1.54) is 61.2 Å². The summed E-state index contributed by atoms with van der Waals surface area (Å²) < 4.78 is 8.09. The predicted molar refractivity (Wildman–Crippen MR) is 184 cm³/mol. The molecule has 2 aliphatic carbocycles. The third-order valence-electron chi connectivity index (χ3n) is 11.7. The van der Waals surface area contributed by atoms with Crippen molar-refractivity contribution in [3.63, 3.8) is 0 Å². The summed E-state index contributed by atoms with van der Waals surface area (Å²) in [5.74, 6) is 1.06. The third kappa shape index (κ3) is 5.85. The zero-order chi connectivity index (χ0) is 32.5. The van der Waals surface area contributed by atoms with Gasteiger partial charge in [-0.3, -0.25) is 14.8 Å². The highest BCUT2D eigenvalue weighted by Gasteiger charge is 2.64. The number of nitrogens with zero attached hydrogens (tertiary/aromatic N) is 2. The summed E-state index contributed by atoms with van der Waals surface area (Å²) in [5, 5.41) is 13.7. The number of benzene rings is 2. The molecule has 5 N–H and O–H groups in total. The number of ether oxygens (including phenoxy) is 1. The summed E-state index contributed by atoms with van der Waals surface area (Å²) in [5.41, 5.74) is 13.6. The van der Waals surface area contributed by atoms with Crippen LogP contribution in [0.25, 0.3) is 22.2 Å². The lowest BCUT2D eigenvalue weighted by Crippen LogP contribution is -2.46. The van der Waals surface area contributed by atoms with Crippen LogP contribution in [0.1, 0.15) is 110 Å². The van der Waals surface area contributed by atoms with Gasteiger partial charge in [0.15, 0.2) is 0 Å². The van der Waals surface area contributed by atoms with Gasteiger partial charge in [0.25, 0.3) is 5.91 Å². The number of fused-ring (bicyclic) bond motifs is 7. The Morgan fingerprint density at radius 2 is 1.77 bits per heavy atom. The van der Waals surface area contributed by atoms with Crippen molar-refractivity contribution in [1.29, 1.82) is 0 Å². The second-order valence-corrected chi connectivity index (χ2v) is 14.4. The fourth-order valence-electron chi connectivity index (χ4n) is 8.89. The molecule has 3 aliphatic heterocycles. The highest BCUT2D eigenvalue weighted by Crippen LogP contribution is 2.66. The number of carbonyl (C=O) groups is 2. The third-order valence-corrected chi connectivity index (χ3v) is 11.7. The second-order valence-electron chi connectivity index (χ2n) is 14.4. The monoisotopic (exact) mass is 641 g/mol. The maximum Gasteiger partial charge on any atom is 0.274 e. The summed E-state index contributed by atoms with van der Waals surface area (Å²) >= 11 is 0. The highest BCUT2D eigenvalue weighted by atomic mass is 16.5. The quantitative estimate of drug-likeness (QED) is 0.192. The number of rotatable bonds is 6. The second kappa shape index (κ2) is 13.6. The summed E-state index contributed by atoms with van der Waals surface area (Å²) in [7, 11) is 1.70. The van der Waals surface area contributed by atoms with Crippen LogP contribution in [0.2, 0.25) is 0 Å². The minimum atomic E-state index is -0.561. The van der Waals surface area contributed by atoms with E-state index in [1.54, 1.807) is 7.11 Å². The minimum absolute atomic E-state index is 0.102. The molecule has 0 bridgehead atoms. The molecule has 47 heavy (non-hydrogen) atoms. The van der Waals surface area contributed by atoms with Crippen molar-refractivity contribution < 1.29 is 19.5 Å². The fourth-order valence-corrected chi connectivity index (χ4v) is 8.89. The van der Waals surface area contributed by atoms with E-state index in [2.05, 4.69) is 33.0 Å². The lowest BCUT2D eigenvalue weighted by atomic mass is 9.81. The predicted octanol–water partition coefficient (Wildman–Crippen LogP) is 6.07. The first-order valence-electron chi connectivity index (χ1n) is 18.0. The zero-order valence-corrected chi connectivity index (χ0v) is 27.9. The summed E-state index contributed by atoms with van der Waals surface area (Å²) in [6.45, 7) is 4.44. The van der Waals surface area contributed by atoms with Crippen molar-refractivity contribution in [1.82, 2.24) is 20.3 Å². The van der Waals surface area contributed by atoms with Crippen LogP contribution in [0.3, 0.4) is 0 Å². The van der Waals surface area contributed by atoms with E-state index >= 15 is 0 Å². The average Bonchev–Trinajstić information content (AvgIpc) is 3.80. The van der Waals surface area contributed by atoms with Crippen molar-refractivity contribution in [2.24, 2.45) is 11.1 Å². The molecule has 1 aromatic heterocycles. The van der Waals surface area contributed by atoms with Gasteiger partial charge in [0.05, 0.1) is 18.2 Å². The molecule has 2 saturated heterocycles. The molecule has 8 rings (SSSR count). The van der Waals surface area contributed by atoms with Crippen LogP contribution in [0.5, 0.6) is 5.75 Å². The first-order chi connectivity index (χ1) is 23.0. The number of likely N-dealkylation sites (tertiary alicyclic amines) is 1. The van der Waals surface area contributed by atoms with Gasteiger partial charge in [-0.15, -0.1) is 0 Å². The Labute approximate surface area is 278 Å². The smallest absolute Gasteiger partial charge is 0.274 e. The molecule has 3 unspecified atom stereocenters. The standard InChI is InChI=1S/C35H44N4O4.C3H7N/c1-43-25-12-14-26-28(19-25)29-20-35(29,34(41)38-17-7-3-6-10-24(38)15-16-36)21-39-30-18-23(33(40)37-42)11-13-27(30)31(32(26)39)22-8-4-2-5-9-22;1-2-4-3-1/h11-14,18-19,22,24,29,42H,2-10,15-17,20-21,36H2,1H3,(H,37,40);4H,1-3H2. The Balaban J connectivity index is 0.000000818. The Kier molecular flexibility index (Phi) is 9.31. The van der Waals surface area contributed by atoms with E-state index in [1.807, 2.05) is 23.7 Å². The Hall–Kier alpha value is -3.40. The van der Waals surface area contributed by atoms with Crippen molar-refractivity contribution in [3.8, 4) is 17.0 Å². The Bertz CT molecular complexity index is 1620. The van der Waals surface area contributed by atoms with E-state index in [9.17, 15) is 14.8 Å². The van der Waals surface area contributed by atoms with E-state index in [0.717, 1.165) is 74.6 Å². The molecule has 2 saturated carbocycles. The van der Waals surface area contributed by atoms with Crippen molar-refractivity contribution >= 4 is 22.7 Å². The van der Waals surface area contributed by atoms with E-state index in [4.69, 9.17) is 10.5 Å². The molecular weight excluding hydrogens is 590 g/mol. The van der Waals surface area contributed by atoms with Crippen LogP contribution < -0.4 is 21.3 Å². The van der Waals surface area contributed by atoms with Crippen LogP contribution in [0, 0.1) is 5.41 Å². The van der Waals surface area contributed by atoms with Crippen molar-refractivity contribution in [2.45, 2.75) is 101 Å². The number of nitrogens with one attached hydrogen (secondary N) is 2. The number of aromatic nitrogens is 1. The van der Waals surface area contributed by atoms with Gasteiger partial charge in [0.2, 0.25) is 5.91 Å². The summed E-state index contributed by atoms with van der Waals surface area (Å²) in [4.78, 5) is 29.7. The normalized spacial score (nSPS) is 25.1. The Morgan fingerprint density at radius 1 is 1.02 bits per heavy atom. The number of hydrogen-bond acceptors (Lipinski definition) is 6. The molecule has 0 spiro atoms. The van der Waals surface area contributed by atoms with Gasteiger partial charge in [-0.25, -0.2) is 5.48 Å². The molecule has 0 radical (unpaired) electrons. The van der Waals surface area contributed by atoms with Gasteiger partial charge in [-0.2, -0.15) is 0 Å². The van der Waals surface area contributed by atoms with Gasteiger partial charge in [-0.1, -0.05) is 38.2 Å². The molecule has 2 aromatic carbocycles. The van der Waals surface area contributed by atoms with E-state index < -0.39 is 11.3 Å². The summed E-state index contributed by atoms with van der Waals surface area (Å²) in [6.07, 6.45) is 13.3. The van der Waals surface area contributed by atoms with E-state index in [-0.39, 0.29) is 17.9 Å². The van der Waals surface area contributed by atoms with Crippen molar-refractivity contribution in [2.75, 3.05) is 33.3 Å². The number of hydrogen-bond donors (Lipinski definition) is 4. The van der Waals surface area contributed by atoms with Gasteiger partial charge < -0.3 is 25.3 Å². The van der Waals surface area contributed by atoms with Crippen LogP contribution in [-0.4, -0.2) is 65.8 Å². The van der Waals surface area contributed by atoms with Crippen molar-refractivity contribution in [3.05, 3.63) is 53.1 Å². The highest BCUT2D eigenvalue weighted by molar-refractivity contribution is 6.01. The largest absolute Gasteiger partial charge is 0.497 e. The fraction of sp³-hybridized carbons (Fsp3) is 0.579. The first-order valence-corrected chi connectivity index (χ1v) is 18.0. The van der Waals surface area contributed by atoms with Crippen LogP contribution in [-0.2, 0) is 11.3 Å². The van der Waals surface area contributed by atoms with E-state index in [0.29, 0.717) is 24.6 Å². The van der Waals surface area contributed by atoms with Crippen LogP contribution in [0.15, 0.2) is 36.4 Å². The molecule has 9 heteroatoms. The topological polar surface area (TPSA) is 122 Å². The number of carbonyl (C=O) groups excluding carboxylic acids is 2. The van der Waals surface area contributed by atoms with Gasteiger partial charge in [-0.05, 0) is 112 Å². The molecular formula is C38H51N5O4.